The molecule has 1 aliphatic carbocycles. The van der Waals surface area contributed by atoms with Crippen molar-refractivity contribution in [2.75, 3.05) is 0 Å². The largest absolute Gasteiger partial charge is 0.342 e. The smallest absolute Gasteiger partial charge is 0.251 e. The van der Waals surface area contributed by atoms with Crippen molar-refractivity contribution in [1.82, 2.24) is 5.32 Å². The molecule has 1 aliphatic rings. The fraction of sp³-hybridized carbons (Fsp3) is 0.556. The Morgan fingerprint density at radius 1 is 1.05 bits per heavy atom. The van der Waals surface area contributed by atoms with Gasteiger partial charge in [-0.05, 0) is 30.9 Å². The van der Waals surface area contributed by atoms with E-state index in [0.29, 0.717) is 11.5 Å². The number of hydrogen-bond acceptors (Lipinski definition) is 2. The van der Waals surface area contributed by atoms with Gasteiger partial charge in [0.15, 0.2) is 5.78 Å². The van der Waals surface area contributed by atoms with Crippen molar-refractivity contribution >= 4 is 11.7 Å². The van der Waals surface area contributed by atoms with Crippen molar-refractivity contribution in [2.24, 2.45) is 11.8 Å². The number of rotatable bonds is 5. The molecule has 1 fully saturated rings. The molecule has 0 bridgehead atoms. The summed E-state index contributed by atoms with van der Waals surface area (Å²) in [5.74, 6) is 0.265. The van der Waals surface area contributed by atoms with Crippen LogP contribution in [0.5, 0.6) is 0 Å². The molecule has 1 unspecified atom stereocenters. The highest BCUT2D eigenvalue weighted by molar-refractivity contribution is 5.98. The molecule has 1 aromatic carbocycles. The molecule has 21 heavy (non-hydrogen) atoms. The number of benzene rings is 1. The van der Waals surface area contributed by atoms with E-state index in [0.717, 1.165) is 25.7 Å². The minimum atomic E-state index is -0.335. The number of hydrogen-bond donors (Lipinski definition) is 1. The van der Waals surface area contributed by atoms with Gasteiger partial charge in [-0.25, -0.2) is 0 Å². The molecule has 0 spiro atoms. The van der Waals surface area contributed by atoms with E-state index in [-0.39, 0.29) is 23.7 Å². The van der Waals surface area contributed by atoms with E-state index in [2.05, 4.69) is 5.32 Å². The Morgan fingerprint density at radius 3 is 2.24 bits per heavy atom. The number of Topliss-reactive ketones (excluding diaryl/α,β-unsaturated/α-hetero) is 1. The van der Waals surface area contributed by atoms with Crippen molar-refractivity contribution in [3.8, 4) is 0 Å². The predicted molar refractivity (Wildman–Crippen MR) is 84.1 cm³/mol. The molecule has 1 atom stereocenters. The fourth-order valence-electron chi connectivity index (χ4n) is 3.06. The maximum atomic E-state index is 12.5. The van der Waals surface area contributed by atoms with Gasteiger partial charge in [0.2, 0.25) is 0 Å². The second-order valence-electron chi connectivity index (χ2n) is 6.27. The van der Waals surface area contributed by atoms with Crippen molar-refractivity contribution in [1.29, 1.82) is 0 Å². The summed E-state index contributed by atoms with van der Waals surface area (Å²) in [7, 11) is 0. The standard InChI is InChI=1S/C18H25NO2/c1-13(2)17(20)16(14-9-5-3-6-10-14)19-18(21)15-11-7-4-8-12-15/h4,7-8,11-14,16H,3,5-6,9-10H2,1-2H3,(H,19,21). The molecule has 0 saturated heterocycles. The number of carbonyl (C=O) groups excluding carboxylic acids is 2. The van der Waals surface area contributed by atoms with Gasteiger partial charge in [0.1, 0.15) is 0 Å². The molecular weight excluding hydrogens is 262 g/mol. The van der Waals surface area contributed by atoms with Crippen LogP contribution < -0.4 is 5.32 Å². The number of carbonyl (C=O) groups is 2. The van der Waals surface area contributed by atoms with Crippen LogP contribution in [0.25, 0.3) is 0 Å². The lowest BCUT2D eigenvalue weighted by Gasteiger charge is -2.31. The van der Waals surface area contributed by atoms with Crippen LogP contribution in [0, 0.1) is 11.8 Å². The maximum absolute atomic E-state index is 12.5. The van der Waals surface area contributed by atoms with Gasteiger partial charge in [0, 0.05) is 11.5 Å². The predicted octanol–water partition coefficient (Wildman–Crippen LogP) is 3.59. The quantitative estimate of drug-likeness (QED) is 0.899. The lowest BCUT2D eigenvalue weighted by molar-refractivity contribution is -0.125. The van der Waals surface area contributed by atoms with Gasteiger partial charge in [-0.2, -0.15) is 0 Å². The normalized spacial score (nSPS) is 17.5. The first kappa shape index (κ1) is 15.7. The fourth-order valence-corrected chi connectivity index (χ4v) is 3.06. The third kappa shape index (κ3) is 4.16. The maximum Gasteiger partial charge on any atom is 0.251 e. The van der Waals surface area contributed by atoms with E-state index in [4.69, 9.17) is 0 Å². The second-order valence-corrected chi connectivity index (χ2v) is 6.27. The van der Waals surface area contributed by atoms with E-state index in [1.807, 2.05) is 32.0 Å². The Hall–Kier alpha value is -1.64. The summed E-state index contributed by atoms with van der Waals surface area (Å²) in [5, 5.41) is 3.00. The lowest BCUT2D eigenvalue weighted by atomic mass is 9.80. The number of nitrogens with one attached hydrogen (secondary N) is 1. The van der Waals surface area contributed by atoms with Crippen LogP contribution in [0.15, 0.2) is 30.3 Å². The molecule has 3 nitrogen and oxygen atoms in total. The van der Waals surface area contributed by atoms with Crippen molar-refractivity contribution in [2.45, 2.75) is 52.0 Å². The van der Waals surface area contributed by atoms with E-state index in [1.54, 1.807) is 12.1 Å². The van der Waals surface area contributed by atoms with E-state index >= 15 is 0 Å². The Bertz CT molecular complexity index is 475. The molecule has 1 saturated carbocycles. The lowest BCUT2D eigenvalue weighted by Crippen LogP contribution is -2.48. The molecule has 0 aliphatic heterocycles. The van der Waals surface area contributed by atoms with Gasteiger partial charge in [-0.3, -0.25) is 9.59 Å². The molecule has 2 rings (SSSR count). The Kier molecular flexibility index (Phi) is 5.54. The van der Waals surface area contributed by atoms with Gasteiger partial charge in [-0.1, -0.05) is 51.3 Å². The van der Waals surface area contributed by atoms with Crippen LogP contribution in [0.4, 0.5) is 0 Å². The summed E-state index contributed by atoms with van der Waals surface area (Å²) in [4.78, 5) is 24.9. The minimum Gasteiger partial charge on any atom is -0.342 e. The summed E-state index contributed by atoms with van der Waals surface area (Å²) in [5.41, 5.74) is 0.620. The number of ketones is 1. The zero-order chi connectivity index (χ0) is 15.2. The number of amides is 1. The van der Waals surface area contributed by atoms with Gasteiger partial charge in [0.25, 0.3) is 5.91 Å². The molecule has 1 aromatic rings. The average Bonchev–Trinajstić information content (AvgIpc) is 2.53. The summed E-state index contributed by atoms with van der Waals surface area (Å²) >= 11 is 0. The Balaban J connectivity index is 2.11. The molecule has 0 aromatic heterocycles. The third-order valence-corrected chi connectivity index (χ3v) is 4.32. The summed E-state index contributed by atoms with van der Waals surface area (Å²) in [6.45, 7) is 3.82. The van der Waals surface area contributed by atoms with Crippen molar-refractivity contribution in [3.63, 3.8) is 0 Å². The van der Waals surface area contributed by atoms with Crippen molar-refractivity contribution in [3.05, 3.63) is 35.9 Å². The van der Waals surface area contributed by atoms with E-state index in [1.165, 1.54) is 6.42 Å². The minimum absolute atomic E-state index is 0.0481. The second kappa shape index (κ2) is 7.39. The monoisotopic (exact) mass is 287 g/mol. The summed E-state index contributed by atoms with van der Waals surface area (Å²) in [6, 6.07) is 8.80. The topological polar surface area (TPSA) is 46.2 Å². The van der Waals surface area contributed by atoms with Gasteiger partial charge >= 0.3 is 0 Å². The van der Waals surface area contributed by atoms with Crippen LogP contribution in [0.1, 0.15) is 56.3 Å². The van der Waals surface area contributed by atoms with Crippen molar-refractivity contribution < 1.29 is 9.59 Å². The first-order valence-electron chi connectivity index (χ1n) is 7.99. The molecule has 0 heterocycles. The zero-order valence-corrected chi connectivity index (χ0v) is 13.0. The summed E-state index contributed by atoms with van der Waals surface area (Å²) < 4.78 is 0. The molecule has 1 N–H and O–H groups in total. The highest BCUT2D eigenvalue weighted by Gasteiger charge is 2.32. The van der Waals surface area contributed by atoms with Crippen LogP contribution in [0.3, 0.4) is 0 Å². The van der Waals surface area contributed by atoms with Crippen LogP contribution in [-0.2, 0) is 4.79 Å². The van der Waals surface area contributed by atoms with Gasteiger partial charge in [0.05, 0.1) is 6.04 Å². The first-order valence-corrected chi connectivity index (χ1v) is 7.99. The van der Waals surface area contributed by atoms with Gasteiger partial charge < -0.3 is 5.32 Å². The van der Waals surface area contributed by atoms with Gasteiger partial charge in [-0.15, -0.1) is 0 Å². The van der Waals surface area contributed by atoms with E-state index in [9.17, 15) is 9.59 Å². The zero-order valence-electron chi connectivity index (χ0n) is 13.0. The molecule has 1 amide bonds. The highest BCUT2D eigenvalue weighted by atomic mass is 16.2. The molecular formula is C18H25NO2. The van der Waals surface area contributed by atoms with Crippen LogP contribution in [-0.4, -0.2) is 17.7 Å². The van der Waals surface area contributed by atoms with E-state index < -0.39 is 0 Å². The molecule has 114 valence electrons. The van der Waals surface area contributed by atoms with Crippen LogP contribution >= 0.6 is 0 Å². The highest BCUT2D eigenvalue weighted by Crippen LogP contribution is 2.28. The Labute approximate surface area is 127 Å². The molecule has 0 radical (unpaired) electrons. The summed E-state index contributed by atoms with van der Waals surface area (Å²) in [6.07, 6.45) is 5.64. The Morgan fingerprint density at radius 2 is 1.67 bits per heavy atom. The average molecular weight is 287 g/mol. The van der Waals surface area contributed by atoms with Crippen LogP contribution in [0.2, 0.25) is 0 Å². The first-order chi connectivity index (χ1) is 10.1. The SMILES string of the molecule is CC(C)C(=O)C(NC(=O)c1ccccc1)C1CCCCC1. The third-order valence-electron chi connectivity index (χ3n) is 4.32. The molecule has 3 heteroatoms.